The van der Waals surface area contributed by atoms with E-state index in [0.29, 0.717) is 0 Å². The standard InChI is InChI=1S/C8H14N2O/c1-3-9-7-10(2)8-4-5-11-6-8/h4-6,9H,3,7H2,1-2H3. The van der Waals surface area contributed by atoms with Crippen LogP contribution in [0.5, 0.6) is 0 Å². The van der Waals surface area contributed by atoms with Gasteiger partial charge in [0.25, 0.3) is 0 Å². The van der Waals surface area contributed by atoms with Crippen molar-refractivity contribution < 1.29 is 4.42 Å². The van der Waals surface area contributed by atoms with E-state index >= 15 is 0 Å². The first-order valence-corrected chi connectivity index (χ1v) is 3.78. The van der Waals surface area contributed by atoms with E-state index in [-0.39, 0.29) is 0 Å². The maximum atomic E-state index is 4.95. The first kappa shape index (κ1) is 8.14. The molecule has 1 aromatic rings. The van der Waals surface area contributed by atoms with Crippen LogP contribution in [0.15, 0.2) is 23.0 Å². The second kappa shape index (κ2) is 4.03. The normalized spacial score (nSPS) is 10.0. The van der Waals surface area contributed by atoms with Crippen LogP contribution in [0, 0.1) is 0 Å². The molecule has 3 nitrogen and oxygen atoms in total. The minimum atomic E-state index is 0.857. The molecule has 0 aliphatic heterocycles. The molecule has 1 rings (SSSR count). The molecule has 62 valence electrons. The van der Waals surface area contributed by atoms with Gasteiger partial charge in [-0.15, -0.1) is 0 Å². The van der Waals surface area contributed by atoms with Crippen LogP contribution in [0.3, 0.4) is 0 Å². The average Bonchev–Trinajstić information content (AvgIpc) is 2.52. The Morgan fingerprint density at radius 2 is 2.45 bits per heavy atom. The van der Waals surface area contributed by atoms with E-state index in [1.54, 1.807) is 12.5 Å². The summed E-state index contributed by atoms with van der Waals surface area (Å²) in [7, 11) is 2.02. The van der Waals surface area contributed by atoms with E-state index in [1.165, 1.54) is 0 Å². The zero-order valence-corrected chi connectivity index (χ0v) is 7.00. The van der Waals surface area contributed by atoms with E-state index < -0.39 is 0 Å². The molecule has 0 aromatic carbocycles. The molecule has 1 N–H and O–H groups in total. The molecule has 0 unspecified atom stereocenters. The van der Waals surface area contributed by atoms with Gasteiger partial charge < -0.3 is 14.6 Å². The number of rotatable bonds is 4. The molecule has 0 saturated carbocycles. The van der Waals surface area contributed by atoms with Crippen molar-refractivity contribution in [2.45, 2.75) is 6.92 Å². The Morgan fingerprint density at radius 3 is 3.00 bits per heavy atom. The molecule has 0 fully saturated rings. The van der Waals surface area contributed by atoms with Crippen molar-refractivity contribution in [2.24, 2.45) is 0 Å². The summed E-state index contributed by atoms with van der Waals surface area (Å²) >= 11 is 0. The zero-order valence-electron chi connectivity index (χ0n) is 7.00. The summed E-state index contributed by atoms with van der Waals surface area (Å²) in [4.78, 5) is 2.09. The predicted octanol–water partition coefficient (Wildman–Crippen LogP) is 1.28. The first-order valence-electron chi connectivity index (χ1n) is 3.78. The molecule has 0 atom stereocenters. The van der Waals surface area contributed by atoms with Crippen LogP contribution in [-0.4, -0.2) is 20.3 Å². The van der Waals surface area contributed by atoms with Crippen molar-refractivity contribution >= 4 is 5.69 Å². The molecule has 0 spiro atoms. The third kappa shape index (κ3) is 2.27. The molecule has 0 saturated heterocycles. The second-order valence-corrected chi connectivity index (χ2v) is 2.44. The van der Waals surface area contributed by atoms with Crippen molar-refractivity contribution in [1.82, 2.24) is 5.32 Å². The SMILES string of the molecule is CCNCN(C)c1ccoc1. The van der Waals surface area contributed by atoms with Crippen molar-refractivity contribution in [3.8, 4) is 0 Å². The number of hydrogen-bond donors (Lipinski definition) is 1. The lowest BCUT2D eigenvalue weighted by Gasteiger charge is -2.16. The quantitative estimate of drug-likeness (QED) is 0.662. The Hall–Kier alpha value is -0.960. The lowest BCUT2D eigenvalue weighted by molar-refractivity contribution is 0.566. The van der Waals surface area contributed by atoms with E-state index in [0.717, 1.165) is 18.9 Å². The number of anilines is 1. The molecule has 0 radical (unpaired) electrons. The Kier molecular flexibility index (Phi) is 2.98. The largest absolute Gasteiger partial charge is 0.470 e. The van der Waals surface area contributed by atoms with Gasteiger partial charge in [-0.2, -0.15) is 0 Å². The van der Waals surface area contributed by atoms with Crippen LogP contribution >= 0.6 is 0 Å². The summed E-state index contributed by atoms with van der Waals surface area (Å²) < 4.78 is 4.95. The summed E-state index contributed by atoms with van der Waals surface area (Å²) in [5.74, 6) is 0. The highest BCUT2D eigenvalue weighted by molar-refractivity contribution is 5.41. The molecule has 0 aliphatic carbocycles. The van der Waals surface area contributed by atoms with Crippen molar-refractivity contribution in [1.29, 1.82) is 0 Å². The molecular formula is C8H14N2O. The Balaban J connectivity index is 2.36. The minimum absolute atomic E-state index is 0.857. The zero-order chi connectivity index (χ0) is 8.10. The van der Waals surface area contributed by atoms with E-state index in [2.05, 4.69) is 17.1 Å². The third-order valence-electron chi connectivity index (χ3n) is 1.55. The molecule has 0 aliphatic rings. The maximum Gasteiger partial charge on any atom is 0.114 e. The maximum absolute atomic E-state index is 4.95. The van der Waals surface area contributed by atoms with Gasteiger partial charge in [0.15, 0.2) is 0 Å². The molecule has 1 heterocycles. The monoisotopic (exact) mass is 154 g/mol. The summed E-state index contributed by atoms with van der Waals surface area (Å²) in [6.45, 7) is 3.93. The van der Waals surface area contributed by atoms with Gasteiger partial charge >= 0.3 is 0 Å². The van der Waals surface area contributed by atoms with E-state index in [9.17, 15) is 0 Å². The van der Waals surface area contributed by atoms with Gasteiger partial charge in [0, 0.05) is 7.05 Å². The molecular weight excluding hydrogens is 140 g/mol. The van der Waals surface area contributed by atoms with Gasteiger partial charge in [0.1, 0.15) is 6.26 Å². The van der Waals surface area contributed by atoms with Crippen molar-refractivity contribution in [2.75, 3.05) is 25.2 Å². The van der Waals surface area contributed by atoms with Crippen molar-refractivity contribution in [3.05, 3.63) is 18.6 Å². The Bertz CT molecular complexity index is 184. The van der Waals surface area contributed by atoms with Crippen LogP contribution in [0.1, 0.15) is 6.92 Å². The number of nitrogens with zero attached hydrogens (tertiary/aromatic N) is 1. The van der Waals surface area contributed by atoms with Gasteiger partial charge in [0.2, 0.25) is 0 Å². The lowest BCUT2D eigenvalue weighted by Crippen LogP contribution is -2.30. The van der Waals surface area contributed by atoms with E-state index in [4.69, 9.17) is 4.42 Å². The summed E-state index contributed by atoms with van der Waals surface area (Å²) in [5, 5.41) is 3.22. The van der Waals surface area contributed by atoms with Gasteiger partial charge in [0.05, 0.1) is 18.6 Å². The smallest absolute Gasteiger partial charge is 0.114 e. The van der Waals surface area contributed by atoms with Crippen LogP contribution < -0.4 is 10.2 Å². The first-order chi connectivity index (χ1) is 5.34. The Labute approximate surface area is 67.0 Å². The summed E-state index contributed by atoms with van der Waals surface area (Å²) in [5.41, 5.74) is 1.10. The highest BCUT2D eigenvalue weighted by Crippen LogP contribution is 2.10. The fourth-order valence-corrected chi connectivity index (χ4v) is 0.845. The molecule has 0 bridgehead atoms. The van der Waals surface area contributed by atoms with Gasteiger partial charge in [-0.1, -0.05) is 6.92 Å². The van der Waals surface area contributed by atoms with Crippen LogP contribution in [0.4, 0.5) is 5.69 Å². The summed E-state index contributed by atoms with van der Waals surface area (Å²) in [6, 6.07) is 1.94. The molecule has 11 heavy (non-hydrogen) atoms. The Morgan fingerprint density at radius 1 is 1.64 bits per heavy atom. The van der Waals surface area contributed by atoms with Crippen molar-refractivity contribution in [3.63, 3.8) is 0 Å². The van der Waals surface area contributed by atoms with Crippen LogP contribution in [0.2, 0.25) is 0 Å². The van der Waals surface area contributed by atoms with Crippen LogP contribution in [-0.2, 0) is 0 Å². The average molecular weight is 154 g/mol. The highest BCUT2D eigenvalue weighted by atomic mass is 16.3. The number of hydrogen-bond acceptors (Lipinski definition) is 3. The fourth-order valence-electron chi connectivity index (χ4n) is 0.845. The van der Waals surface area contributed by atoms with Gasteiger partial charge in [-0.25, -0.2) is 0 Å². The number of furan rings is 1. The lowest BCUT2D eigenvalue weighted by atomic mass is 10.5. The van der Waals surface area contributed by atoms with Crippen LogP contribution in [0.25, 0.3) is 0 Å². The molecule has 1 aromatic heterocycles. The minimum Gasteiger partial charge on any atom is -0.470 e. The van der Waals surface area contributed by atoms with Gasteiger partial charge in [-0.3, -0.25) is 0 Å². The predicted molar refractivity (Wildman–Crippen MR) is 45.7 cm³/mol. The molecule has 0 amide bonds. The third-order valence-corrected chi connectivity index (χ3v) is 1.55. The topological polar surface area (TPSA) is 28.4 Å². The van der Waals surface area contributed by atoms with E-state index in [1.807, 2.05) is 13.1 Å². The summed E-state index contributed by atoms with van der Waals surface area (Å²) in [6.07, 6.45) is 3.41. The fraction of sp³-hybridized carbons (Fsp3) is 0.500. The number of nitrogens with one attached hydrogen (secondary N) is 1. The highest BCUT2D eigenvalue weighted by Gasteiger charge is 1.98. The second-order valence-electron chi connectivity index (χ2n) is 2.44. The molecule has 3 heteroatoms. The van der Waals surface area contributed by atoms with Gasteiger partial charge in [-0.05, 0) is 12.6 Å².